The van der Waals surface area contributed by atoms with E-state index in [2.05, 4.69) is 30.2 Å². The van der Waals surface area contributed by atoms with E-state index in [9.17, 15) is 9.90 Å². The number of esters is 1. The molecule has 7 atom stereocenters. The van der Waals surface area contributed by atoms with Crippen LogP contribution in [0.15, 0.2) is 52.2 Å². The minimum atomic E-state index is -0.346. The number of fused-ring (bicyclic) bond motifs is 5. The van der Waals surface area contributed by atoms with Crippen molar-refractivity contribution in [2.24, 2.45) is 38.8 Å². The molecule has 208 valence electrons. The van der Waals surface area contributed by atoms with Gasteiger partial charge >= 0.3 is 5.97 Å². The molecule has 3 fully saturated rings. The van der Waals surface area contributed by atoms with E-state index < -0.39 is 0 Å². The number of rotatable bonds is 5. The van der Waals surface area contributed by atoms with Crippen molar-refractivity contribution in [3.05, 3.63) is 53.1 Å². The highest BCUT2D eigenvalue weighted by Gasteiger charge is 2.59. The van der Waals surface area contributed by atoms with Crippen molar-refractivity contribution in [3.63, 3.8) is 0 Å². The normalized spacial score (nSPS) is 35.7. The average molecular weight is 548 g/mol. The van der Waals surface area contributed by atoms with Crippen LogP contribution in [0.3, 0.4) is 0 Å². The van der Waals surface area contributed by atoms with Crippen LogP contribution in [0.4, 0.5) is 15.7 Å². The Bertz CT molecular complexity index is 1300. The van der Waals surface area contributed by atoms with Gasteiger partial charge in [-0.05, 0) is 105 Å². The van der Waals surface area contributed by atoms with Gasteiger partial charge in [0, 0.05) is 5.56 Å². The lowest BCUT2D eigenvalue weighted by molar-refractivity contribution is -0.0409. The number of carbonyl (C=O) groups excluding carboxylic acids is 1. The molecule has 4 aliphatic carbocycles. The number of aliphatic hydroxyl groups excluding tert-OH is 1. The fourth-order valence-corrected chi connectivity index (χ4v) is 9.91. The highest BCUT2D eigenvalue weighted by molar-refractivity contribution is 7.20. The van der Waals surface area contributed by atoms with Gasteiger partial charge in [-0.3, -0.25) is 0 Å². The summed E-state index contributed by atoms with van der Waals surface area (Å²) in [5, 5.41) is 20.8. The first-order chi connectivity index (χ1) is 18.8. The quantitative estimate of drug-likeness (QED) is 0.223. The maximum absolute atomic E-state index is 13.3. The topological polar surface area (TPSA) is 97.3 Å². The average Bonchev–Trinajstić information content (AvgIpc) is 3.44. The molecule has 0 saturated heterocycles. The maximum atomic E-state index is 13.3. The third kappa shape index (κ3) is 4.37. The van der Waals surface area contributed by atoms with Crippen LogP contribution in [0, 0.1) is 28.6 Å². The van der Waals surface area contributed by atoms with Gasteiger partial charge in [-0.15, -0.1) is 10.2 Å². The minimum absolute atomic E-state index is 0.0584. The predicted molar refractivity (Wildman–Crippen MR) is 156 cm³/mol. The molecule has 3 saturated carbocycles. The summed E-state index contributed by atoms with van der Waals surface area (Å²) in [7, 11) is 0. The van der Waals surface area contributed by atoms with Crippen molar-refractivity contribution in [2.75, 3.05) is 12.3 Å². The Balaban J connectivity index is 1.38. The first-order valence-corrected chi connectivity index (χ1v) is 15.5. The van der Waals surface area contributed by atoms with Crippen molar-refractivity contribution < 1.29 is 14.6 Å². The van der Waals surface area contributed by atoms with E-state index in [0.29, 0.717) is 34.9 Å². The molecule has 7 heteroatoms. The molecule has 6 nitrogen and oxygen atoms in total. The van der Waals surface area contributed by atoms with Gasteiger partial charge in [0.05, 0.1) is 24.0 Å². The molecule has 0 radical (unpaired) electrons. The Morgan fingerprint density at radius 2 is 1.90 bits per heavy atom. The van der Waals surface area contributed by atoms with E-state index in [-0.39, 0.29) is 28.8 Å². The van der Waals surface area contributed by atoms with E-state index in [1.807, 2.05) is 37.3 Å². The van der Waals surface area contributed by atoms with Gasteiger partial charge < -0.3 is 15.6 Å². The zero-order valence-corrected chi connectivity index (χ0v) is 24.2. The first-order valence-electron chi connectivity index (χ1n) is 14.7. The van der Waals surface area contributed by atoms with Gasteiger partial charge in [-0.1, -0.05) is 55.0 Å². The van der Waals surface area contributed by atoms with Crippen LogP contribution in [0.1, 0.15) is 94.0 Å². The number of aliphatic hydroxyl groups is 1. The number of anilines is 1. The molecule has 0 spiro atoms. The van der Waals surface area contributed by atoms with Crippen LogP contribution >= 0.6 is 11.3 Å². The van der Waals surface area contributed by atoms with Crippen LogP contribution in [0.5, 0.6) is 0 Å². The number of hydrogen-bond acceptors (Lipinski definition) is 7. The van der Waals surface area contributed by atoms with E-state index in [1.54, 1.807) is 0 Å². The van der Waals surface area contributed by atoms with Crippen molar-refractivity contribution in [2.45, 2.75) is 84.2 Å². The van der Waals surface area contributed by atoms with E-state index in [4.69, 9.17) is 10.5 Å². The van der Waals surface area contributed by atoms with Gasteiger partial charge in [-0.2, -0.15) is 0 Å². The fraction of sp³-hybridized carbons (Fsp3) is 0.594. The lowest BCUT2D eigenvalue weighted by Crippen LogP contribution is -2.50. The molecule has 3 N–H and O–H groups in total. The predicted octanol–water partition coefficient (Wildman–Crippen LogP) is 8.33. The van der Waals surface area contributed by atoms with Crippen LogP contribution in [0.25, 0.3) is 0 Å². The summed E-state index contributed by atoms with van der Waals surface area (Å²) in [5.74, 6) is 1.72. The third-order valence-electron chi connectivity index (χ3n) is 10.9. The summed E-state index contributed by atoms with van der Waals surface area (Å²) < 4.78 is 5.51. The number of allylic oxidation sites excluding steroid dienone is 1. The first kappa shape index (κ1) is 26.7. The smallest absolute Gasteiger partial charge is 0.341 e. The molecule has 0 amide bonds. The zero-order chi connectivity index (χ0) is 27.4. The summed E-state index contributed by atoms with van der Waals surface area (Å²) in [4.78, 5) is 13.3. The lowest BCUT2D eigenvalue weighted by atomic mass is 9.47. The summed E-state index contributed by atoms with van der Waals surface area (Å²) in [6.07, 6.45) is 10.7. The highest BCUT2D eigenvalue weighted by Crippen LogP contribution is 2.69. The van der Waals surface area contributed by atoms with E-state index in [1.165, 1.54) is 23.3 Å². The second kappa shape index (κ2) is 10.2. The summed E-state index contributed by atoms with van der Waals surface area (Å²) in [5.41, 5.74) is 10.5. The van der Waals surface area contributed by atoms with Crippen molar-refractivity contribution in [3.8, 4) is 0 Å². The van der Waals surface area contributed by atoms with Crippen molar-refractivity contribution in [1.29, 1.82) is 0 Å². The standard InChI is InChI=1S/C32H41N3O3S/c1-4-38-30(37)27-26(29(39-28(27)33)35-34-20-8-6-5-7-9-20)25-13-12-23-22-11-10-19-18-21(36)14-16-31(19,2)24(22)15-17-32(23,25)3/h5-10,21-25,36H,4,11-18,33H2,1-3H3/t21-,22-,23-,24-,25+,31-,32-/m0/s1. The molecule has 4 aliphatic rings. The SMILES string of the molecule is CCOC(=O)c1c(N)sc(N=Nc2ccccc2)c1[C@H]1CC[C@H]2[C@@H]3CC=C4C[C@@H](O)CC[C@]4(C)[C@H]3CC[C@]12C. The van der Waals surface area contributed by atoms with Crippen LogP contribution in [0.2, 0.25) is 0 Å². The molecular weight excluding hydrogens is 506 g/mol. The van der Waals surface area contributed by atoms with Crippen molar-refractivity contribution in [1.82, 2.24) is 0 Å². The van der Waals surface area contributed by atoms with Crippen LogP contribution in [-0.4, -0.2) is 23.8 Å². The van der Waals surface area contributed by atoms with Gasteiger partial charge in [0.15, 0.2) is 0 Å². The second-order valence-electron chi connectivity index (χ2n) is 12.6. The summed E-state index contributed by atoms with van der Waals surface area (Å²) >= 11 is 1.36. The van der Waals surface area contributed by atoms with Gasteiger partial charge in [-0.25, -0.2) is 4.79 Å². The molecule has 2 aromatic rings. The number of nitrogens with two attached hydrogens (primary N) is 1. The molecule has 0 aliphatic heterocycles. The van der Waals surface area contributed by atoms with Crippen molar-refractivity contribution >= 4 is 33.0 Å². The number of ether oxygens (including phenoxy) is 1. The third-order valence-corrected chi connectivity index (χ3v) is 11.8. The Labute approximate surface area is 235 Å². The number of nitrogens with zero attached hydrogens (tertiary/aromatic N) is 2. The minimum Gasteiger partial charge on any atom is -0.462 e. The van der Waals surface area contributed by atoms with E-state index in [0.717, 1.165) is 61.2 Å². The van der Waals surface area contributed by atoms with E-state index >= 15 is 0 Å². The number of nitrogen functional groups attached to an aromatic ring is 1. The number of hydrogen-bond donors (Lipinski definition) is 2. The summed E-state index contributed by atoms with van der Waals surface area (Å²) in [6, 6.07) is 9.70. The van der Waals surface area contributed by atoms with Crippen LogP contribution in [-0.2, 0) is 4.74 Å². The van der Waals surface area contributed by atoms with Gasteiger partial charge in [0.2, 0.25) is 0 Å². The molecule has 39 heavy (non-hydrogen) atoms. The maximum Gasteiger partial charge on any atom is 0.341 e. The molecule has 0 unspecified atom stereocenters. The number of azo groups is 1. The van der Waals surface area contributed by atoms with Crippen LogP contribution < -0.4 is 5.73 Å². The molecule has 0 bridgehead atoms. The monoisotopic (exact) mass is 547 g/mol. The lowest BCUT2D eigenvalue weighted by Gasteiger charge is -2.58. The number of benzene rings is 1. The molecule has 1 aromatic carbocycles. The zero-order valence-electron chi connectivity index (χ0n) is 23.4. The van der Waals surface area contributed by atoms with Gasteiger partial charge in [0.1, 0.15) is 10.0 Å². The second-order valence-corrected chi connectivity index (χ2v) is 13.7. The fourth-order valence-electron chi connectivity index (χ4n) is 8.97. The largest absolute Gasteiger partial charge is 0.462 e. The molecule has 1 heterocycles. The Morgan fingerprint density at radius 3 is 2.67 bits per heavy atom. The Morgan fingerprint density at radius 1 is 1.10 bits per heavy atom. The number of thiophene rings is 1. The number of carbonyl (C=O) groups is 1. The van der Waals surface area contributed by atoms with Gasteiger partial charge in [0.25, 0.3) is 0 Å². The Hall–Kier alpha value is -2.51. The molecular formula is C32H41N3O3S. The summed E-state index contributed by atoms with van der Waals surface area (Å²) in [6.45, 7) is 7.07. The highest BCUT2D eigenvalue weighted by atomic mass is 32.1. The molecule has 1 aromatic heterocycles. The molecule has 6 rings (SSSR count). The Kier molecular flexibility index (Phi) is 6.95.